The van der Waals surface area contributed by atoms with E-state index < -0.39 is 0 Å². The minimum absolute atomic E-state index is 0.328. The lowest BCUT2D eigenvalue weighted by atomic mass is 9.49. The predicted molar refractivity (Wildman–Crippen MR) is 64.4 cm³/mol. The average Bonchev–Trinajstić information content (AvgIpc) is 2.13. The zero-order valence-corrected chi connectivity index (χ0v) is 10.4. The summed E-state index contributed by atoms with van der Waals surface area (Å²) >= 11 is 0. The van der Waals surface area contributed by atoms with Crippen molar-refractivity contribution < 1.29 is 0 Å². The highest BCUT2D eigenvalue weighted by atomic mass is 14.8. The third-order valence-electron chi connectivity index (χ3n) is 4.80. The normalized spacial score (nSPS) is 46.2. The first-order chi connectivity index (χ1) is 6.85. The Labute approximate surface area is 93.8 Å². The molecule has 15 heavy (non-hydrogen) atoms. The minimum Gasteiger partial charge on any atom is -0.328 e. The van der Waals surface area contributed by atoms with E-state index >= 15 is 0 Å². The maximum atomic E-state index is 6.23. The number of hydrogen-bond acceptors (Lipinski definition) is 2. The molecule has 88 valence electrons. The van der Waals surface area contributed by atoms with Crippen LogP contribution in [0.5, 0.6) is 0 Å². The third kappa shape index (κ3) is 1.94. The fourth-order valence-electron chi connectivity index (χ4n) is 3.97. The van der Waals surface area contributed by atoms with Gasteiger partial charge in [0.1, 0.15) is 0 Å². The minimum atomic E-state index is 0.328. The summed E-state index contributed by atoms with van der Waals surface area (Å²) in [6.45, 7) is 6.92. The van der Waals surface area contributed by atoms with Crippen LogP contribution in [0, 0.1) is 16.7 Å². The van der Waals surface area contributed by atoms with E-state index in [1.807, 2.05) is 0 Å². The Morgan fingerprint density at radius 2 is 1.93 bits per heavy atom. The average molecular weight is 210 g/mol. The molecule has 0 amide bonds. The molecule has 0 saturated heterocycles. The molecule has 2 rings (SSSR count). The number of nitrogens with two attached hydrogens (primary N) is 2. The van der Waals surface area contributed by atoms with E-state index in [9.17, 15) is 0 Å². The SMILES string of the molecule is CC(N)C1CC(C)(C)CC2(CCC2N)C1. The van der Waals surface area contributed by atoms with Crippen LogP contribution in [0.15, 0.2) is 0 Å². The van der Waals surface area contributed by atoms with Gasteiger partial charge in [0.2, 0.25) is 0 Å². The van der Waals surface area contributed by atoms with E-state index in [4.69, 9.17) is 11.5 Å². The molecule has 2 aliphatic rings. The Kier molecular flexibility index (Phi) is 2.63. The van der Waals surface area contributed by atoms with Gasteiger partial charge in [-0.3, -0.25) is 0 Å². The molecule has 0 heterocycles. The van der Waals surface area contributed by atoms with Crippen molar-refractivity contribution in [1.29, 1.82) is 0 Å². The van der Waals surface area contributed by atoms with Crippen LogP contribution in [0.3, 0.4) is 0 Å². The molecule has 0 bridgehead atoms. The molecular weight excluding hydrogens is 184 g/mol. The van der Waals surface area contributed by atoms with Gasteiger partial charge in [-0.15, -0.1) is 0 Å². The Balaban J connectivity index is 2.15. The summed E-state index contributed by atoms with van der Waals surface area (Å²) in [5.74, 6) is 0.681. The zero-order chi connectivity index (χ0) is 11.3. The van der Waals surface area contributed by atoms with E-state index in [0.717, 1.165) is 0 Å². The van der Waals surface area contributed by atoms with Gasteiger partial charge in [-0.1, -0.05) is 13.8 Å². The van der Waals surface area contributed by atoms with Crippen molar-refractivity contribution in [1.82, 2.24) is 0 Å². The quantitative estimate of drug-likeness (QED) is 0.697. The van der Waals surface area contributed by atoms with Crippen molar-refractivity contribution in [2.45, 2.75) is 65.0 Å². The molecule has 4 unspecified atom stereocenters. The highest BCUT2D eigenvalue weighted by molar-refractivity contribution is 5.06. The molecule has 0 aromatic heterocycles. The molecule has 0 aromatic rings. The molecular formula is C13H26N2. The monoisotopic (exact) mass is 210 g/mol. The van der Waals surface area contributed by atoms with Gasteiger partial charge in [0, 0.05) is 12.1 Å². The van der Waals surface area contributed by atoms with Gasteiger partial charge in [-0.25, -0.2) is 0 Å². The second-order valence-electron chi connectivity index (χ2n) is 6.88. The van der Waals surface area contributed by atoms with Crippen LogP contribution in [0.25, 0.3) is 0 Å². The molecule has 2 nitrogen and oxygen atoms in total. The molecule has 4 N–H and O–H groups in total. The van der Waals surface area contributed by atoms with Crippen molar-refractivity contribution in [2.24, 2.45) is 28.2 Å². The number of hydrogen-bond donors (Lipinski definition) is 2. The zero-order valence-electron chi connectivity index (χ0n) is 10.4. The van der Waals surface area contributed by atoms with Gasteiger partial charge in [-0.05, 0) is 55.8 Å². The van der Waals surface area contributed by atoms with E-state index in [1.165, 1.54) is 32.1 Å². The summed E-state index contributed by atoms with van der Waals surface area (Å²) < 4.78 is 0. The van der Waals surface area contributed by atoms with E-state index in [1.54, 1.807) is 0 Å². The van der Waals surface area contributed by atoms with Crippen molar-refractivity contribution in [3.8, 4) is 0 Å². The Bertz CT molecular complexity index is 247. The molecule has 4 atom stereocenters. The maximum absolute atomic E-state index is 6.23. The molecule has 0 aliphatic heterocycles. The lowest BCUT2D eigenvalue weighted by molar-refractivity contribution is -0.0426. The Hall–Kier alpha value is -0.0800. The van der Waals surface area contributed by atoms with Gasteiger partial charge >= 0.3 is 0 Å². The maximum Gasteiger partial charge on any atom is 0.00961 e. The van der Waals surface area contributed by atoms with Gasteiger partial charge in [0.15, 0.2) is 0 Å². The van der Waals surface area contributed by atoms with E-state index in [0.29, 0.717) is 28.8 Å². The fourth-order valence-corrected chi connectivity index (χ4v) is 3.97. The predicted octanol–water partition coefficient (Wildman–Crippen LogP) is 2.27. The summed E-state index contributed by atoms with van der Waals surface area (Å²) in [6, 6.07) is 0.771. The number of rotatable bonds is 1. The topological polar surface area (TPSA) is 52.0 Å². The molecule has 0 aromatic carbocycles. The van der Waals surface area contributed by atoms with Crippen molar-refractivity contribution >= 4 is 0 Å². The van der Waals surface area contributed by atoms with Gasteiger partial charge in [-0.2, -0.15) is 0 Å². The standard InChI is InChI=1S/C13H26N2/c1-9(14)10-6-12(2,3)8-13(7-10)5-4-11(13)15/h9-11H,4-8,14-15H2,1-3H3. The second-order valence-corrected chi connectivity index (χ2v) is 6.88. The third-order valence-corrected chi connectivity index (χ3v) is 4.80. The van der Waals surface area contributed by atoms with Crippen LogP contribution in [-0.2, 0) is 0 Å². The van der Waals surface area contributed by atoms with Gasteiger partial charge in [0.25, 0.3) is 0 Å². The molecule has 2 saturated carbocycles. The fraction of sp³-hybridized carbons (Fsp3) is 1.00. The highest BCUT2D eigenvalue weighted by Crippen LogP contribution is 2.58. The van der Waals surface area contributed by atoms with Gasteiger partial charge < -0.3 is 11.5 Å². The summed E-state index contributed by atoms with van der Waals surface area (Å²) in [5, 5.41) is 0. The molecule has 1 spiro atoms. The summed E-state index contributed by atoms with van der Waals surface area (Å²) in [6.07, 6.45) is 6.42. The largest absolute Gasteiger partial charge is 0.328 e. The highest BCUT2D eigenvalue weighted by Gasteiger charge is 2.52. The Morgan fingerprint density at radius 3 is 2.33 bits per heavy atom. The molecule has 2 aliphatic carbocycles. The Morgan fingerprint density at radius 1 is 1.27 bits per heavy atom. The van der Waals surface area contributed by atoms with Crippen molar-refractivity contribution in [3.05, 3.63) is 0 Å². The summed E-state index contributed by atoms with van der Waals surface area (Å²) in [5.41, 5.74) is 13.2. The lowest BCUT2D eigenvalue weighted by Gasteiger charge is -2.57. The molecule has 2 heteroatoms. The molecule has 2 fully saturated rings. The van der Waals surface area contributed by atoms with Crippen LogP contribution in [-0.4, -0.2) is 12.1 Å². The van der Waals surface area contributed by atoms with Crippen LogP contribution in [0.2, 0.25) is 0 Å². The van der Waals surface area contributed by atoms with Crippen molar-refractivity contribution in [3.63, 3.8) is 0 Å². The smallest absolute Gasteiger partial charge is 0.00961 e. The van der Waals surface area contributed by atoms with Crippen molar-refractivity contribution in [2.75, 3.05) is 0 Å². The first-order valence-electron chi connectivity index (χ1n) is 6.36. The molecule has 0 radical (unpaired) electrons. The van der Waals surface area contributed by atoms with Crippen LogP contribution in [0.4, 0.5) is 0 Å². The first kappa shape index (κ1) is 11.4. The first-order valence-corrected chi connectivity index (χ1v) is 6.36. The summed E-state index contributed by atoms with van der Waals surface area (Å²) in [4.78, 5) is 0. The van der Waals surface area contributed by atoms with E-state index in [2.05, 4.69) is 20.8 Å². The van der Waals surface area contributed by atoms with E-state index in [-0.39, 0.29) is 0 Å². The van der Waals surface area contributed by atoms with Crippen LogP contribution < -0.4 is 11.5 Å². The van der Waals surface area contributed by atoms with Crippen LogP contribution in [0.1, 0.15) is 52.9 Å². The summed E-state index contributed by atoms with van der Waals surface area (Å²) in [7, 11) is 0. The van der Waals surface area contributed by atoms with Gasteiger partial charge in [0.05, 0.1) is 0 Å². The van der Waals surface area contributed by atoms with Crippen LogP contribution >= 0.6 is 0 Å². The lowest BCUT2D eigenvalue weighted by Crippen LogP contribution is -2.57. The second kappa shape index (κ2) is 3.46.